The third-order valence-corrected chi connectivity index (χ3v) is 5.65. The lowest BCUT2D eigenvalue weighted by Crippen LogP contribution is -2.21. The molecule has 2 N–H and O–H groups in total. The van der Waals surface area contributed by atoms with E-state index in [1.165, 1.54) is 12.3 Å². The highest BCUT2D eigenvalue weighted by Crippen LogP contribution is 2.21. The molecule has 1 unspecified atom stereocenters. The van der Waals surface area contributed by atoms with Gasteiger partial charge in [0.2, 0.25) is 0 Å². The normalized spacial score (nSPS) is 18.5. The third-order valence-electron chi connectivity index (χ3n) is 3.88. The van der Waals surface area contributed by atoms with Crippen LogP contribution in [0, 0.1) is 17.5 Å². The highest BCUT2D eigenvalue weighted by molar-refractivity contribution is 7.91. The molecule has 0 spiro atoms. The Morgan fingerprint density at radius 3 is 2.62 bits per heavy atom. The van der Waals surface area contributed by atoms with Crippen molar-refractivity contribution in [2.45, 2.75) is 12.5 Å². The van der Waals surface area contributed by atoms with E-state index >= 15 is 0 Å². The largest absolute Gasteiger partial charge is 0.381 e. The summed E-state index contributed by atoms with van der Waals surface area (Å²) in [6.45, 7) is 0. The van der Waals surface area contributed by atoms with Crippen molar-refractivity contribution < 1.29 is 26.4 Å². The second kappa shape index (κ2) is 6.94. The first-order valence-electron chi connectivity index (χ1n) is 7.63. The Labute approximate surface area is 147 Å². The molecule has 1 fully saturated rings. The maximum Gasteiger partial charge on any atom is 0.274 e. The highest BCUT2D eigenvalue weighted by Gasteiger charge is 2.27. The van der Waals surface area contributed by atoms with Gasteiger partial charge in [-0.3, -0.25) is 9.78 Å². The van der Waals surface area contributed by atoms with Crippen LogP contribution in [0.4, 0.5) is 24.5 Å². The molecule has 1 aliphatic heterocycles. The van der Waals surface area contributed by atoms with E-state index < -0.39 is 38.9 Å². The summed E-state index contributed by atoms with van der Waals surface area (Å²) in [6, 6.07) is 4.23. The van der Waals surface area contributed by atoms with Crippen molar-refractivity contribution >= 4 is 27.1 Å². The number of carbonyl (C=O) groups excluding carboxylic acids is 1. The number of aromatic nitrogens is 1. The average Bonchev–Trinajstić information content (AvgIpc) is 2.94. The van der Waals surface area contributed by atoms with Crippen molar-refractivity contribution in [3.05, 3.63) is 53.6 Å². The minimum atomic E-state index is -3.06. The van der Waals surface area contributed by atoms with Crippen LogP contribution in [-0.4, -0.2) is 36.9 Å². The standard InChI is InChI=1S/C16H14F3N3O3S/c17-11-1-2-12(15(19)14(11)18)22-16(23)13-7-9(3-5-20-13)21-10-4-6-26(24,25)8-10/h1-3,5,7,10H,4,6,8H2,(H,20,21)(H,22,23). The summed E-state index contributed by atoms with van der Waals surface area (Å²) >= 11 is 0. The quantitative estimate of drug-likeness (QED) is 0.789. The fraction of sp³-hybridized carbons (Fsp3) is 0.250. The van der Waals surface area contributed by atoms with Gasteiger partial charge >= 0.3 is 0 Å². The summed E-state index contributed by atoms with van der Waals surface area (Å²) in [6.07, 6.45) is 1.77. The van der Waals surface area contributed by atoms with Crippen molar-refractivity contribution in [3.63, 3.8) is 0 Å². The fourth-order valence-corrected chi connectivity index (χ4v) is 4.27. The van der Waals surface area contributed by atoms with Crippen LogP contribution in [0.1, 0.15) is 16.9 Å². The maximum absolute atomic E-state index is 13.6. The molecule has 1 aromatic carbocycles. The zero-order valence-electron chi connectivity index (χ0n) is 13.3. The number of halogens is 3. The lowest BCUT2D eigenvalue weighted by atomic mass is 10.2. The minimum Gasteiger partial charge on any atom is -0.381 e. The zero-order chi connectivity index (χ0) is 18.9. The van der Waals surface area contributed by atoms with E-state index in [-0.39, 0.29) is 23.2 Å². The number of amides is 1. The molecule has 1 atom stereocenters. The molecule has 3 rings (SSSR count). The van der Waals surface area contributed by atoms with Gasteiger partial charge in [0.25, 0.3) is 5.91 Å². The van der Waals surface area contributed by atoms with Crippen LogP contribution in [0.2, 0.25) is 0 Å². The van der Waals surface area contributed by atoms with Crippen molar-refractivity contribution in [2.75, 3.05) is 22.1 Å². The van der Waals surface area contributed by atoms with Crippen LogP contribution >= 0.6 is 0 Å². The van der Waals surface area contributed by atoms with E-state index in [0.717, 1.165) is 6.07 Å². The maximum atomic E-state index is 13.6. The summed E-state index contributed by atoms with van der Waals surface area (Å²) in [5.41, 5.74) is -0.144. The number of carbonyl (C=O) groups is 1. The molecule has 1 aromatic heterocycles. The lowest BCUT2D eigenvalue weighted by Gasteiger charge is -2.13. The summed E-state index contributed by atoms with van der Waals surface area (Å²) in [4.78, 5) is 16.0. The molecule has 138 valence electrons. The molecular weight excluding hydrogens is 371 g/mol. The monoisotopic (exact) mass is 385 g/mol. The van der Waals surface area contributed by atoms with Crippen LogP contribution in [0.5, 0.6) is 0 Å². The summed E-state index contributed by atoms with van der Waals surface area (Å²) < 4.78 is 62.8. The number of hydrogen-bond donors (Lipinski definition) is 2. The smallest absolute Gasteiger partial charge is 0.274 e. The fourth-order valence-electron chi connectivity index (χ4n) is 2.60. The number of rotatable bonds is 4. The Morgan fingerprint density at radius 2 is 1.92 bits per heavy atom. The van der Waals surface area contributed by atoms with Crippen LogP contribution in [-0.2, 0) is 9.84 Å². The van der Waals surface area contributed by atoms with Gasteiger partial charge in [-0.05, 0) is 30.7 Å². The molecule has 1 amide bonds. The SMILES string of the molecule is O=C(Nc1ccc(F)c(F)c1F)c1cc(NC2CCS(=O)(=O)C2)ccn1. The second-order valence-corrected chi connectivity index (χ2v) is 8.08. The van der Waals surface area contributed by atoms with Gasteiger partial charge in [0.1, 0.15) is 5.69 Å². The summed E-state index contributed by atoms with van der Waals surface area (Å²) in [5.74, 6) is -5.29. The molecular formula is C16H14F3N3O3S. The number of nitrogens with one attached hydrogen (secondary N) is 2. The van der Waals surface area contributed by atoms with Gasteiger partial charge in [0, 0.05) is 17.9 Å². The topological polar surface area (TPSA) is 88.2 Å². The average molecular weight is 385 g/mol. The molecule has 0 aliphatic carbocycles. The van der Waals surface area contributed by atoms with Crippen molar-refractivity contribution in [1.29, 1.82) is 0 Å². The number of nitrogens with zero attached hydrogens (tertiary/aromatic N) is 1. The van der Waals surface area contributed by atoms with E-state index in [2.05, 4.69) is 15.6 Å². The Kier molecular flexibility index (Phi) is 4.86. The third kappa shape index (κ3) is 3.96. The Hall–Kier alpha value is -2.62. The van der Waals surface area contributed by atoms with Crippen molar-refractivity contribution in [2.24, 2.45) is 0 Å². The summed E-state index contributed by atoms with van der Waals surface area (Å²) in [7, 11) is -3.06. The van der Waals surface area contributed by atoms with Gasteiger partial charge in [0.15, 0.2) is 27.3 Å². The van der Waals surface area contributed by atoms with E-state index in [4.69, 9.17) is 0 Å². The Bertz CT molecular complexity index is 966. The molecule has 1 saturated heterocycles. The predicted molar refractivity (Wildman–Crippen MR) is 89.2 cm³/mol. The van der Waals surface area contributed by atoms with E-state index in [1.807, 2.05) is 0 Å². The molecule has 1 aliphatic rings. The Morgan fingerprint density at radius 1 is 1.15 bits per heavy atom. The molecule has 6 nitrogen and oxygen atoms in total. The van der Waals surface area contributed by atoms with Gasteiger partial charge in [-0.2, -0.15) is 0 Å². The van der Waals surface area contributed by atoms with Crippen molar-refractivity contribution in [1.82, 2.24) is 4.98 Å². The number of anilines is 2. The van der Waals surface area contributed by atoms with Crippen LogP contribution in [0.15, 0.2) is 30.5 Å². The highest BCUT2D eigenvalue weighted by atomic mass is 32.2. The molecule has 10 heteroatoms. The molecule has 2 aromatic rings. The predicted octanol–water partition coefficient (Wildman–Crippen LogP) is 2.35. The molecule has 26 heavy (non-hydrogen) atoms. The second-order valence-electron chi connectivity index (χ2n) is 5.85. The van der Waals surface area contributed by atoms with Crippen LogP contribution in [0.25, 0.3) is 0 Å². The molecule has 0 saturated carbocycles. The van der Waals surface area contributed by atoms with Gasteiger partial charge in [-0.25, -0.2) is 21.6 Å². The number of hydrogen-bond acceptors (Lipinski definition) is 5. The van der Waals surface area contributed by atoms with Crippen molar-refractivity contribution in [3.8, 4) is 0 Å². The molecule has 0 bridgehead atoms. The minimum absolute atomic E-state index is 0.00306. The van der Waals surface area contributed by atoms with Gasteiger partial charge in [-0.15, -0.1) is 0 Å². The first-order chi connectivity index (χ1) is 12.2. The van der Waals surface area contributed by atoms with E-state index in [1.54, 1.807) is 6.07 Å². The zero-order valence-corrected chi connectivity index (χ0v) is 14.1. The van der Waals surface area contributed by atoms with Crippen LogP contribution < -0.4 is 10.6 Å². The van der Waals surface area contributed by atoms with E-state index in [9.17, 15) is 26.4 Å². The molecule has 0 radical (unpaired) electrons. The van der Waals surface area contributed by atoms with Gasteiger partial charge < -0.3 is 10.6 Å². The molecule has 2 heterocycles. The first-order valence-corrected chi connectivity index (χ1v) is 9.45. The Balaban J connectivity index is 1.74. The van der Waals surface area contributed by atoms with Gasteiger partial charge in [-0.1, -0.05) is 0 Å². The van der Waals surface area contributed by atoms with Crippen LogP contribution in [0.3, 0.4) is 0 Å². The summed E-state index contributed by atoms with van der Waals surface area (Å²) in [5, 5.41) is 5.12. The van der Waals surface area contributed by atoms with E-state index in [0.29, 0.717) is 18.2 Å². The number of benzene rings is 1. The van der Waals surface area contributed by atoms with Gasteiger partial charge in [0.05, 0.1) is 17.2 Å². The first kappa shape index (κ1) is 18.2. The lowest BCUT2D eigenvalue weighted by molar-refractivity contribution is 0.102. The number of sulfone groups is 1. The number of pyridine rings is 1.